The maximum absolute atomic E-state index is 11.5. The Labute approximate surface area is 81.6 Å². The lowest BCUT2D eigenvalue weighted by Crippen LogP contribution is -2.25. The molecule has 0 spiro atoms. The Morgan fingerprint density at radius 2 is 2.43 bits per heavy atom. The zero-order chi connectivity index (χ0) is 10.1. The van der Waals surface area contributed by atoms with Crippen LogP contribution in [0.4, 0.5) is 0 Å². The Bertz CT molecular complexity index is 344. The highest BCUT2D eigenvalue weighted by atomic mass is 16.7. The van der Waals surface area contributed by atoms with Gasteiger partial charge in [0.1, 0.15) is 5.76 Å². The molecule has 1 fully saturated rings. The lowest BCUT2D eigenvalue weighted by Gasteiger charge is -2.10. The highest BCUT2D eigenvalue weighted by molar-refractivity contribution is 5.91. The maximum atomic E-state index is 11.5. The van der Waals surface area contributed by atoms with Crippen molar-refractivity contribution in [3.8, 4) is 0 Å². The van der Waals surface area contributed by atoms with Crippen molar-refractivity contribution < 1.29 is 14.2 Å². The molecule has 5 nitrogen and oxygen atoms in total. The summed E-state index contributed by atoms with van der Waals surface area (Å²) >= 11 is 0. The number of hydroxylamine groups is 2. The van der Waals surface area contributed by atoms with Gasteiger partial charge in [-0.15, -0.1) is 0 Å². The van der Waals surface area contributed by atoms with Gasteiger partial charge in [0.15, 0.2) is 5.69 Å². The van der Waals surface area contributed by atoms with Crippen LogP contribution >= 0.6 is 0 Å². The summed E-state index contributed by atoms with van der Waals surface area (Å²) in [5.41, 5.74) is 0.302. The van der Waals surface area contributed by atoms with Crippen molar-refractivity contribution in [2.24, 2.45) is 0 Å². The van der Waals surface area contributed by atoms with E-state index in [0.717, 1.165) is 23.7 Å². The number of hydrogen-bond donors (Lipinski definition) is 0. The van der Waals surface area contributed by atoms with Gasteiger partial charge in [0.2, 0.25) is 0 Å². The van der Waals surface area contributed by atoms with E-state index in [0.29, 0.717) is 11.6 Å². The Morgan fingerprint density at radius 3 is 3.00 bits per heavy atom. The first-order valence-electron chi connectivity index (χ1n) is 4.51. The van der Waals surface area contributed by atoms with Crippen LogP contribution in [0.25, 0.3) is 0 Å². The number of rotatable bonds is 3. The van der Waals surface area contributed by atoms with Crippen LogP contribution in [0, 0.1) is 0 Å². The molecule has 1 amide bonds. The molecule has 0 N–H and O–H groups in total. The van der Waals surface area contributed by atoms with Crippen molar-refractivity contribution in [1.82, 2.24) is 10.2 Å². The van der Waals surface area contributed by atoms with Crippen LogP contribution in [0.5, 0.6) is 0 Å². The lowest BCUT2D eigenvalue weighted by atomic mass is 10.3. The minimum atomic E-state index is -0.289. The predicted molar refractivity (Wildman–Crippen MR) is 47.6 cm³/mol. The highest BCUT2D eigenvalue weighted by Gasteiger charge is 2.29. The lowest BCUT2D eigenvalue weighted by molar-refractivity contribution is -0.0762. The van der Waals surface area contributed by atoms with Crippen LogP contribution in [-0.4, -0.2) is 30.3 Å². The molecule has 2 rings (SSSR count). The minimum absolute atomic E-state index is 0.289. The van der Waals surface area contributed by atoms with Crippen molar-refractivity contribution in [2.45, 2.75) is 18.8 Å². The molecule has 1 saturated carbocycles. The smallest absolute Gasteiger partial charge is 0.299 e. The summed E-state index contributed by atoms with van der Waals surface area (Å²) in [5.74, 6) is 0.984. The van der Waals surface area contributed by atoms with Crippen LogP contribution in [0.2, 0.25) is 0 Å². The van der Waals surface area contributed by atoms with Gasteiger partial charge in [-0.3, -0.25) is 9.63 Å². The summed E-state index contributed by atoms with van der Waals surface area (Å²) in [6, 6.07) is 1.69. The van der Waals surface area contributed by atoms with Gasteiger partial charge in [0.25, 0.3) is 5.91 Å². The molecule has 0 bridgehead atoms. The third-order valence-electron chi connectivity index (χ3n) is 2.29. The molecule has 1 aromatic heterocycles. The van der Waals surface area contributed by atoms with E-state index >= 15 is 0 Å². The Morgan fingerprint density at radius 1 is 1.71 bits per heavy atom. The molecule has 5 heteroatoms. The van der Waals surface area contributed by atoms with Crippen molar-refractivity contribution >= 4 is 5.91 Å². The van der Waals surface area contributed by atoms with Gasteiger partial charge in [-0.2, -0.15) is 0 Å². The highest BCUT2D eigenvalue weighted by Crippen LogP contribution is 2.40. The number of amides is 1. The SMILES string of the molecule is CON(C)C(=O)c1cc(C2CC2)on1. The molecule has 1 aliphatic rings. The fourth-order valence-corrected chi connectivity index (χ4v) is 1.19. The number of hydrogen-bond acceptors (Lipinski definition) is 4. The monoisotopic (exact) mass is 196 g/mol. The molecule has 1 aromatic rings. The van der Waals surface area contributed by atoms with Crippen LogP contribution in [0.3, 0.4) is 0 Å². The Kier molecular flexibility index (Phi) is 2.25. The first-order chi connectivity index (χ1) is 6.72. The van der Waals surface area contributed by atoms with Crippen molar-refractivity contribution in [3.63, 3.8) is 0 Å². The summed E-state index contributed by atoms with van der Waals surface area (Å²) in [6.07, 6.45) is 2.26. The molecule has 0 aliphatic heterocycles. The van der Waals surface area contributed by atoms with E-state index in [4.69, 9.17) is 9.36 Å². The van der Waals surface area contributed by atoms with Gasteiger partial charge < -0.3 is 4.52 Å². The van der Waals surface area contributed by atoms with Crippen LogP contribution in [-0.2, 0) is 4.84 Å². The van der Waals surface area contributed by atoms with Gasteiger partial charge in [0, 0.05) is 19.0 Å². The van der Waals surface area contributed by atoms with E-state index in [1.54, 1.807) is 6.07 Å². The average Bonchev–Trinajstić information content (AvgIpc) is 2.94. The quantitative estimate of drug-likeness (QED) is 0.681. The van der Waals surface area contributed by atoms with Crippen LogP contribution < -0.4 is 0 Å². The molecule has 0 radical (unpaired) electrons. The number of carbonyl (C=O) groups is 1. The summed E-state index contributed by atoms with van der Waals surface area (Å²) in [7, 11) is 2.97. The number of carbonyl (C=O) groups excluding carboxylic acids is 1. The molecule has 0 unspecified atom stereocenters. The average molecular weight is 196 g/mol. The van der Waals surface area contributed by atoms with E-state index in [2.05, 4.69) is 5.16 Å². The molecular weight excluding hydrogens is 184 g/mol. The second-order valence-electron chi connectivity index (χ2n) is 3.37. The number of aromatic nitrogens is 1. The Balaban J connectivity index is 2.11. The molecular formula is C9H12N2O3. The normalized spacial score (nSPS) is 15.6. The van der Waals surface area contributed by atoms with E-state index in [9.17, 15) is 4.79 Å². The maximum Gasteiger partial charge on any atom is 0.299 e. The molecule has 1 heterocycles. The molecule has 0 atom stereocenters. The summed E-state index contributed by atoms with van der Waals surface area (Å²) in [4.78, 5) is 16.3. The second kappa shape index (κ2) is 3.42. The first-order valence-corrected chi connectivity index (χ1v) is 4.51. The third-order valence-corrected chi connectivity index (χ3v) is 2.29. The summed E-state index contributed by atoms with van der Waals surface area (Å²) < 4.78 is 5.05. The van der Waals surface area contributed by atoms with Crippen molar-refractivity contribution in [2.75, 3.05) is 14.2 Å². The van der Waals surface area contributed by atoms with Gasteiger partial charge in [-0.05, 0) is 12.8 Å². The Hall–Kier alpha value is -1.36. The largest absolute Gasteiger partial charge is 0.360 e. The molecule has 0 saturated heterocycles. The molecule has 1 aliphatic carbocycles. The first kappa shape index (κ1) is 9.21. The number of nitrogens with zero attached hydrogens (tertiary/aromatic N) is 2. The zero-order valence-corrected chi connectivity index (χ0v) is 8.19. The molecule has 76 valence electrons. The van der Waals surface area contributed by atoms with Crippen LogP contribution in [0.1, 0.15) is 35.0 Å². The van der Waals surface area contributed by atoms with Crippen molar-refractivity contribution in [3.05, 3.63) is 17.5 Å². The molecule has 14 heavy (non-hydrogen) atoms. The van der Waals surface area contributed by atoms with E-state index in [1.165, 1.54) is 14.2 Å². The van der Waals surface area contributed by atoms with Gasteiger partial charge in [0.05, 0.1) is 7.11 Å². The molecule has 0 aromatic carbocycles. The minimum Gasteiger partial charge on any atom is -0.360 e. The van der Waals surface area contributed by atoms with Gasteiger partial charge >= 0.3 is 0 Å². The topological polar surface area (TPSA) is 55.6 Å². The third kappa shape index (κ3) is 1.63. The van der Waals surface area contributed by atoms with E-state index in [-0.39, 0.29) is 5.91 Å². The fraction of sp³-hybridized carbons (Fsp3) is 0.556. The van der Waals surface area contributed by atoms with Gasteiger partial charge in [-0.1, -0.05) is 5.16 Å². The van der Waals surface area contributed by atoms with Gasteiger partial charge in [-0.25, -0.2) is 5.06 Å². The van der Waals surface area contributed by atoms with Crippen molar-refractivity contribution in [1.29, 1.82) is 0 Å². The summed E-state index contributed by atoms with van der Waals surface area (Å²) in [6.45, 7) is 0. The standard InChI is InChI=1S/C9H12N2O3/c1-11(13-2)9(12)7-5-8(14-10-7)6-3-4-6/h5-6H,3-4H2,1-2H3. The van der Waals surface area contributed by atoms with E-state index < -0.39 is 0 Å². The summed E-state index contributed by atoms with van der Waals surface area (Å²) in [5, 5.41) is 4.82. The fourth-order valence-electron chi connectivity index (χ4n) is 1.19. The second-order valence-corrected chi connectivity index (χ2v) is 3.37. The van der Waals surface area contributed by atoms with Crippen LogP contribution in [0.15, 0.2) is 10.6 Å². The van der Waals surface area contributed by atoms with E-state index in [1.807, 2.05) is 0 Å². The predicted octanol–water partition coefficient (Wildman–Crippen LogP) is 1.19. The zero-order valence-electron chi connectivity index (χ0n) is 8.19.